The Kier molecular flexibility index (Phi) is 5.43. The molecule has 0 unspecified atom stereocenters. The highest BCUT2D eigenvalue weighted by molar-refractivity contribution is 5.90. The second kappa shape index (κ2) is 7.93. The molecule has 0 saturated heterocycles. The Balaban J connectivity index is 1.68. The molecule has 0 fully saturated rings. The third-order valence-corrected chi connectivity index (χ3v) is 4.16. The molecule has 134 valence electrons. The van der Waals surface area contributed by atoms with Gasteiger partial charge in [0.1, 0.15) is 0 Å². The van der Waals surface area contributed by atoms with Crippen LogP contribution in [0.15, 0.2) is 53.6 Å². The Morgan fingerprint density at radius 3 is 2.85 bits per heavy atom. The van der Waals surface area contributed by atoms with Crippen molar-refractivity contribution in [1.29, 1.82) is 0 Å². The number of fused-ring (bicyclic) bond motifs is 1. The highest BCUT2D eigenvalue weighted by Crippen LogP contribution is 2.13. The van der Waals surface area contributed by atoms with Crippen molar-refractivity contribution in [1.82, 2.24) is 9.55 Å². The van der Waals surface area contributed by atoms with Crippen LogP contribution in [0.25, 0.3) is 10.9 Å². The molecule has 1 aromatic heterocycles. The zero-order valence-corrected chi connectivity index (χ0v) is 14.9. The van der Waals surface area contributed by atoms with Gasteiger partial charge in [-0.3, -0.25) is 14.2 Å². The van der Waals surface area contributed by atoms with E-state index in [2.05, 4.69) is 10.3 Å². The van der Waals surface area contributed by atoms with E-state index in [9.17, 15) is 9.59 Å². The maximum absolute atomic E-state index is 12.5. The van der Waals surface area contributed by atoms with Crippen LogP contribution in [0.4, 0.5) is 5.69 Å². The second-order valence-corrected chi connectivity index (χ2v) is 6.15. The first-order valence-corrected chi connectivity index (χ1v) is 8.41. The van der Waals surface area contributed by atoms with Crippen molar-refractivity contribution in [2.75, 3.05) is 12.4 Å². The molecule has 6 nitrogen and oxygen atoms in total. The summed E-state index contributed by atoms with van der Waals surface area (Å²) < 4.78 is 6.57. The molecule has 26 heavy (non-hydrogen) atoms. The van der Waals surface area contributed by atoms with Gasteiger partial charge in [0.25, 0.3) is 5.56 Å². The lowest BCUT2D eigenvalue weighted by atomic mass is 10.1. The lowest BCUT2D eigenvalue weighted by Crippen LogP contribution is -2.23. The number of rotatable bonds is 6. The Bertz CT molecular complexity index is 995. The van der Waals surface area contributed by atoms with E-state index in [1.807, 2.05) is 43.3 Å². The van der Waals surface area contributed by atoms with E-state index in [0.717, 1.165) is 11.1 Å². The van der Waals surface area contributed by atoms with Crippen molar-refractivity contribution in [2.24, 2.45) is 0 Å². The van der Waals surface area contributed by atoms with Gasteiger partial charge in [-0.05, 0) is 36.2 Å². The Labute approximate surface area is 151 Å². The number of aryl methyl sites for hydroxylation is 2. The summed E-state index contributed by atoms with van der Waals surface area (Å²) in [5.41, 5.74) is 3.22. The maximum Gasteiger partial charge on any atom is 0.261 e. The van der Waals surface area contributed by atoms with E-state index in [1.54, 1.807) is 13.2 Å². The van der Waals surface area contributed by atoms with Crippen molar-refractivity contribution in [3.63, 3.8) is 0 Å². The van der Waals surface area contributed by atoms with Gasteiger partial charge in [-0.1, -0.05) is 24.3 Å². The minimum Gasteiger partial charge on any atom is -0.380 e. The molecule has 1 amide bonds. The highest BCUT2D eigenvalue weighted by Gasteiger charge is 2.08. The van der Waals surface area contributed by atoms with Crippen molar-refractivity contribution in [2.45, 2.75) is 26.5 Å². The van der Waals surface area contributed by atoms with Crippen LogP contribution in [0.2, 0.25) is 0 Å². The van der Waals surface area contributed by atoms with Gasteiger partial charge >= 0.3 is 0 Å². The first-order valence-electron chi connectivity index (χ1n) is 8.41. The molecule has 3 rings (SSSR count). The van der Waals surface area contributed by atoms with Crippen LogP contribution in [0.3, 0.4) is 0 Å². The number of hydrogen-bond acceptors (Lipinski definition) is 4. The zero-order chi connectivity index (χ0) is 18.5. The molecule has 0 aliphatic carbocycles. The number of benzene rings is 2. The fourth-order valence-corrected chi connectivity index (χ4v) is 2.85. The van der Waals surface area contributed by atoms with E-state index < -0.39 is 0 Å². The molecule has 0 spiro atoms. The van der Waals surface area contributed by atoms with E-state index in [0.29, 0.717) is 23.2 Å². The Morgan fingerprint density at radius 2 is 2.04 bits per heavy atom. The first-order chi connectivity index (χ1) is 12.6. The van der Waals surface area contributed by atoms with Gasteiger partial charge in [0.15, 0.2) is 0 Å². The number of methoxy groups -OCH3 is 1. The van der Waals surface area contributed by atoms with Crippen LogP contribution in [0, 0.1) is 6.92 Å². The van der Waals surface area contributed by atoms with Gasteiger partial charge < -0.3 is 10.1 Å². The number of hydrogen-bond donors (Lipinski definition) is 1. The molecule has 0 aliphatic rings. The van der Waals surface area contributed by atoms with E-state index in [-0.39, 0.29) is 24.4 Å². The van der Waals surface area contributed by atoms with Crippen LogP contribution in [0.1, 0.15) is 17.5 Å². The maximum atomic E-state index is 12.5. The number of carbonyl (C=O) groups is 1. The van der Waals surface area contributed by atoms with Crippen molar-refractivity contribution < 1.29 is 9.53 Å². The number of aromatic nitrogens is 2. The quantitative estimate of drug-likeness (QED) is 0.741. The molecule has 0 saturated carbocycles. The summed E-state index contributed by atoms with van der Waals surface area (Å²) in [5, 5.41) is 3.42. The number of nitrogens with zero attached hydrogens (tertiary/aromatic N) is 2. The summed E-state index contributed by atoms with van der Waals surface area (Å²) >= 11 is 0. The summed E-state index contributed by atoms with van der Waals surface area (Å²) in [7, 11) is 1.63. The third-order valence-electron chi connectivity index (χ3n) is 4.16. The largest absolute Gasteiger partial charge is 0.380 e. The molecular formula is C20H21N3O3. The van der Waals surface area contributed by atoms with Gasteiger partial charge in [0.2, 0.25) is 5.91 Å². The summed E-state index contributed by atoms with van der Waals surface area (Å²) in [5.74, 6) is -0.157. The Morgan fingerprint density at radius 1 is 1.23 bits per heavy atom. The van der Waals surface area contributed by atoms with Crippen molar-refractivity contribution in [3.05, 3.63) is 70.3 Å². The molecule has 3 aromatic rings. The lowest BCUT2D eigenvalue weighted by molar-refractivity contribution is -0.116. The van der Waals surface area contributed by atoms with Crippen LogP contribution in [-0.2, 0) is 22.7 Å². The molecule has 0 aliphatic heterocycles. The molecular weight excluding hydrogens is 330 g/mol. The SMILES string of the molecule is COCc1cccc(NC(=O)CCn2cnc3c(C)cccc3c2=O)c1. The average Bonchev–Trinajstić information content (AvgIpc) is 2.62. The van der Waals surface area contributed by atoms with Crippen LogP contribution >= 0.6 is 0 Å². The van der Waals surface area contributed by atoms with Crippen molar-refractivity contribution >= 4 is 22.5 Å². The minimum atomic E-state index is -0.157. The topological polar surface area (TPSA) is 73.2 Å². The monoisotopic (exact) mass is 351 g/mol. The molecule has 0 atom stereocenters. The number of ether oxygens (including phenoxy) is 1. The number of anilines is 1. The van der Waals surface area contributed by atoms with Crippen LogP contribution in [-0.4, -0.2) is 22.6 Å². The molecule has 1 N–H and O–H groups in total. The number of amides is 1. The van der Waals surface area contributed by atoms with Crippen LogP contribution < -0.4 is 10.9 Å². The van der Waals surface area contributed by atoms with Gasteiger partial charge in [-0.15, -0.1) is 0 Å². The zero-order valence-electron chi connectivity index (χ0n) is 14.9. The number of nitrogens with one attached hydrogen (secondary N) is 1. The fourth-order valence-electron chi connectivity index (χ4n) is 2.85. The van der Waals surface area contributed by atoms with E-state index >= 15 is 0 Å². The van der Waals surface area contributed by atoms with Gasteiger partial charge in [-0.2, -0.15) is 0 Å². The summed E-state index contributed by atoms with van der Waals surface area (Å²) in [6.07, 6.45) is 1.69. The number of para-hydroxylation sites is 1. The first kappa shape index (κ1) is 17.8. The van der Waals surface area contributed by atoms with E-state index in [1.165, 1.54) is 10.9 Å². The predicted molar refractivity (Wildman–Crippen MR) is 101 cm³/mol. The summed E-state index contributed by atoms with van der Waals surface area (Å²) in [6.45, 7) is 2.69. The normalized spacial score (nSPS) is 10.8. The van der Waals surface area contributed by atoms with Gasteiger partial charge in [0, 0.05) is 25.8 Å². The molecule has 0 bridgehead atoms. The van der Waals surface area contributed by atoms with Gasteiger partial charge in [0.05, 0.1) is 23.8 Å². The van der Waals surface area contributed by atoms with Crippen molar-refractivity contribution in [3.8, 4) is 0 Å². The second-order valence-electron chi connectivity index (χ2n) is 6.15. The minimum absolute atomic E-state index is 0.131. The average molecular weight is 351 g/mol. The third kappa shape index (κ3) is 3.97. The Hall–Kier alpha value is -2.99. The lowest BCUT2D eigenvalue weighted by Gasteiger charge is -2.09. The summed E-state index contributed by atoms with van der Waals surface area (Å²) in [6, 6.07) is 13.0. The summed E-state index contributed by atoms with van der Waals surface area (Å²) in [4.78, 5) is 29.1. The highest BCUT2D eigenvalue weighted by atomic mass is 16.5. The molecule has 1 heterocycles. The predicted octanol–water partition coefficient (Wildman–Crippen LogP) is 2.88. The van der Waals surface area contributed by atoms with Crippen LogP contribution in [0.5, 0.6) is 0 Å². The standard InChI is InChI=1S/C20H21N3O3/c1-14-5-3-8-17-19(14)21-13-23(20(17)25)10-9-18(24)22-16-7-4-6-15(11-16)12-26-2/h3-8,11,13H,9-10,12H2,1-2H3,(H,22,24). The molecule has 0 radical (unpaired) electrons. The van der Waals surface area contributed by atoms with E-state index in [4.69, 9.17) is 4.74 Å². The smallest absolute Gasteiger partial charge is 0.261 e. The fraction of sp³-hybridized carbons (Fsp3) is 0.250. The number of carbonyl (C=O) groups excluding carboxylic acids is 1. The van der Waals surface area contributed by atoms with Gasteiger partial charge in [-0.25, -0.2) is 4.98 Å². The molecule has 6 heteroatoms. The molecule has 2 aromatic carbocycles.